The number of hydrogen-bond donors (Lipinski definition) is 3. The van der Waals surface area contributed by atoms with Gasteiger partial charge in [-0.05, 0) is 38.8 Å². The van der Waals surface area contributed by atoms with Gasteiger partial charge in [-0.3, -0.25) is 4.55 Å². The van der Waals surface area contributed by atoms with Crippen molar-refractivity contribution in [2.75, 3.05) is 6.54 Å². The van der Waals surface area contributed by atoms with E-state index in [0.717, 1.165) is 0 Å². The monoisotopic (exact) mass is 343 g/mol. The summed E-state index contributed by atoms with van der Waals surface area (Å²) in [5.41, 5.74) is 5.59. The molecule has 0 aromatic heterocycles. The van der Waals surface area contributed by atoms with Crippen molar-refractivity contribution in [2.45, 2.75) is 32.8 Å². The van der Waals surface area contributed by atoms with Crippen molar-refractivity contribution in [3.05, 3.63) is 29.8 Å². The number of benzene rings is 1. The number of amides is 1. The van der Waals surface area contributed by atoms with Crippen LogP contribution in [0.25, 0.3) is 0 Å². The van der Waals surface area contributed by atoms with E-state index in [1.165, 1.54) is 0 Å². The maximum Gasteiger partial charge on any atom is 0.407 e. The van der Waals surface area contributed by atoms with Gasteiger partial charge >= 0.3 is 16.2 Å². The van der Waals surface area contributed by atoms with Crippen LogP contribution in [-0.4, -0.2) is 36.4 Å². The Morgan fingerprint density at radius 1 is 1.35 bits per heavy atom. The zero-order valence-electron chi connectivity index (χ0n) is 13.2. The minimum atomic E-state index is -4.53. The van der Waals surface area contributed by atoms with Gasteiger partial charge < -0.3 is 15.8 Å². The molecule has 1 amide bonds. The molecule has 0 saturated carbocycles. The van der Waals surface area contributed by atoms with E-state index < -0.39 is 27.0 Å². The van der Waals surface area contributed by atoms with Crippen LogP contribution in [0.2, 0.25) is 0 Å². The molecule has 4 N–H and O–H groups in total. The molecule has 0 aliphatic carbocycles. The molecule has 1 aromatic rings. The second kappa shape index (κ2) is 7.42. The molecule has 0 radical (unpaired) electrons. The molecule has 0 unspecified atom stereocenters. The third kappa shape index (κ3) is 7.11. The highest BCUT2D eigenvalue weighted by molar-refractivity contribution is 8.01. The molecule has 128 valence electrons. The number of ether oxygens (including phenoxy) is 1. The fraction of sp³-hybridized carbons (Fsp3) is 0.429. The van der Waals surface area contributed by atoms with Gasteiger partial charge in [-0.2, -0.15) is 8.42 Å². The maximum atomic E-state index is 11.5. The molecule has 0 fully saturated rings. The van der Waals surface area contributed by atoms with E-state index in [9.17, 15) is 13.2 Å². The van der Waals surface area contributed by atoms with Crippen molar-refractivity contribution in [3.8, 4) is 0 Å². The molecule has 0 aliphatic rings. The highest BCUT2D eigenvalue weighted by Crippen LogP contribution is 2.19. The normalized spacial score (nSPS) is 12.8. The van der Waals surface area contributed by atoms with Crippen molar-refractivity contribution in [3.63, 3.8) is 0 Å². The molecule has 0 aliphatic heterocycles. The summed E-state index contributed by atoms with van der Waals surface area (Å²) in [6, 6.07) is 6.67. The van der Waals surface area contributed by atoms with Gasteiger partial charge in [0.2, 0.25) is 5.17 Å². The quantitative estimate of drug-likeness (QED) is 0.432. The number of hydrogen-bond acceptors (Lipinski definition) is 5. The number of carbonyl (C=O) groups excluding carboxylic acids is 1. The Bertz CT molecular complexity index is 693. The summed E-state index contributed by atoms with van der Waals surface area (Å²) in [7, 11) is -4.53. The van der Waals surface area contributed by atoms with Gasteiger partial charge in [-0.25, -0.2) is 9.79 Å². The van der Waals surface area contributed by atoms with Crippen molar-refractivity contribution in [2.24, 2.45) is 10.7 Å². The molecule has 0 bridgehead atoms. The molecule has 8 nitrogen and oxygen atoms in total. The van der Waals surface area contributed by atoms with Crippen LogP contribution in [0.1, 0.15) is 26.3 Å². The predicted molar refractivity (Wildman–Crippen MR) is 87.2 cm³/mol. The number of rotatable bonds is 4. The molecule has 0 saturated heterocycles. The Morgan fingerprint density at radius 3 is 2.52 bits per heavy atom. The molecule has 9 heteroatoms. The first-order valence-electron chi connectivity index (χ1n) is 6.85. The number of nitrogens with zero attached hydrogens (tertiary/aromatic N) is 1. The average molecular weight is 343 g/mol. The van der Waals surface area contributed by atoms with Crippen molar-refractivity contribution in [1.29, 1.82) is 0 Å². The number of aliphatic imine (C=N–C) groups is 1. The number of nitrogens with one attached hydrogen (secondary N) is 1. The molecule has 0 atom stereocenters. The largest absolute Gasteiger partial charge is 0.444 e. The van der Waals surface area contributed by atoms with Gasteiger partial charge in [0, 0.05) is 6.54 Å². The average Bonchev–Trinajstić information content (AvgIpc) is 2.37. The highest BCUT2D eigenvalue weighted by Gasteiger charge is 2.16. The Hall–Kier alpha value is -2.13. The minimum absolute atomic E-state index is 0.271. The van der Waals surface area contributed by atoms with Crippen LogP contribution in [0.4, 0.5) is 10.5 Å². The summed E-state index contributed by atoms with van der Waals surface area (Å²) in [5, 5.41) is 1.71. The Labute approximate surface area is 135 Å². The topological polar surface area (TPSA) is 131 Å². The van der Waals surface area contributed by atoms with Gasteiger partial charge in [0.05, 0.1) is 5.69 Å². The zero-order chi connectivity index (χ0) is 17.7. The zero-order valence-corrected chi connectivity index (χ0v) is 14.1. The van der Waals surface area contributed by atoms with Crippen molar-refractivity contribution >= 4 is 27.1 Å². The van der Waals surface area contributed by atoms with Crippen LogP contribution in [-0.2, 0) is 21.3 Å². The summed E-state index contributed by atoms with van der Waals surface area (Å²) in [5.74, 6) is 0. The highest BCUT2D eigenvalue weighted by atomic mass is 32.2. The van der Waals surface area contributed by atoms with E-state index in [2.05, 4.69) is 10.3 Å². The van der Waals surface area contributed by atoms with Gasteiger partial charge in [0.1, 0.15) is 5.60 Å². The number of amidine groups is 1. The third-order valence-electron chi connectivity index (χ3n) is 2.55. The van der Waals surface area contributed by atoms with Crippen LogP contribution >= 0.6 is 0 Å². The second-order valence-electron chi connectivity index (χ2n) is 5.73. The predicted octanol–water partition coefficient (Wildman–Crippen LogP) is 1.59. The first-order chi connectivity index (χ1) is 10.5. The van der Waals surface area contributed by atoms with Gasteiger partial charge in [-0.1, -0.05) is 18.2 Å². The second-order valence-corrected chi connectivity index (χ2v) is 7.10. The molecular formula is C14H21N3O5S. The first kappa shape index (κ1) is 18.9. The fourth-order valence-corrected chi connectivity index (χ4v) is 1.83. The van der Waals surface area contributed by atoms with Crippen LogP contribution < -0.4 is 11.1 Å². The number of nitrogens with two attached hydrogens (primary N) is 1. The van der Waals surface area contributed by atoms with Gasteiger partial charge in [0.15, 0.2) is 0 Å². The Morgan fingerprint density at radius 2 is 1.96 bits per heavy atom. The lowest BCUT2D eigenvalue weighted by Gasteiger charge is -2.19. The summed E-state index contributed by atoms with van der Waals surface area (Å²) in [4.78, 5) is 15.2. The summed E-state index contributed by atoms with van der Waals surface area (Å²) < 4.78 is 35.8. The molecule has 0 heterocycles. The minimum Gasteiger partial charge on any atom is -0.444 e. The van der Waals surface area contributed by atoms with Gasteiger partial charge in [-0.15, -0.1) is 0 Å². The van der Waals surface area contributed by atoms with Crippen LogP contribution in [0.5, 0.6) is 0 Å². The molecular weight excluding hydrogens is 322 g/mol. The van der Waals surface area contributed by atoms with E-state index in [4.69, 9.17) is 15.0 Å². The molecule has 1 rings (SSSR count). The Balaban J connectivity index is 2.74. The lowest BCUT2D eigenvalue weighted by Crippen LogP contribution is -2.33. The maximum absolute atomic E-state index is 11.5. The molecule has 23 heavy (non-hydrogen) atoms. The standard InChI is InChI=1S/C14H21N3O5S/c1-14(2,3)22-13(18)16-9-8-10-6-4-5-7-11(10)17-12(15)23(19,20)21/h4-7H,8-9H2,1-3H3,(H2,15,17)(H,16,18)(H,19,20,21). The first-order valence-corrected chi connectivity index (χ1v) is 8.29. The lowest BCUT2D eigenvalue weighted by molar-refractivity contribution is 0.0528. The van der Waals surface area contributed by atoms with Crippen LogP contribution in [0.3, 0.4) is 0 Å². The van der Waals surface area contributed by atoms with Crippen molar-refractivity contribution < 1.29 is 22.5 Å². The van der Waals surface area contributed by atoms with Gasteiger partial charge in [0.25, 0.3) is 0 Å². The number of para-hydroxylation sites is 1. The summed E-state index contributed by atoms with van der Waals surface area (Å²) >= 11 is 0. The van der Waals surface area contributed by atoms with Crippen molar-refractivity contribution in [1.82, 2.24) is 5.32 Å². The summed E-state index contributed by atoms with van der Waals surface area (Å²) in [6.45, 7) is 5.55. The third-order valence-corrected chi connectivity index (χ3v) is 3.17. The molecule has 0 spiro atoms. The van der Waals surface area contributed by atoms with Crippen LogP contribution in [0.15, 0.2) is 29.3 Å². The van der Waals surface area contributed by atoms with E-state index in [1.54, 1.807) is 45.0 Å². The number of alkyl carbamates (subject to hydrolysis) is 1. The van der Waals surface area contributed by atoms with E-state index in [1.807, 2.05) is 0 Å². The van der Waals surface area contributed by atoms with E-state index in [0.29, 0.717) is 17.7 Å². The SMILES string of the molecule is CC(C)(C)OC(=O)NCCc1ccccc1N=C(N)S(=O)(=O)O. The van der Waals surface area contributed by atoms with E-state index >= 15 is 0 Å². The smallest absolute Gasteiger partial charge is 0.407 e. The fourth-order valence-electron chi connectivity index (χ4n) is 1.62. The summed E-state index contributed by atoms with van der Waals surface area (Å²) in [6.07, 6.45) is -0.159. The van der Waals surface area contributed by atoms with Crippen LogP contribution in [0, 0.1) is 0 Å². The van der Waals surface area contributed by atoms with E-state index in [-0.39, 0.29) is 6.54 Å². The number of carbonyl (C=O) groups is 1. The molecule has 1 aromatic carbocycles. The lowest BCUT2D eigenvalue weighted by atomic mass is 10.1. The Kier molecular flexibility index (Phi) is 6.11.